The third kappa shape index (κ3) is 4.82. The monoisotopic (exact) mass is 377 g/mol. The Morgan fingerprint density at radius 1 is 1.19 bits per heavy atom. The van der Waals surface area contributed by atoms with E-state index in [1.807, 2.05) is 18.2 Å². The smallest absolute Gasteiger partial charge is 0.341 e. The van der Waals surface area contributed by atoms with Crippen molar-refractivity contribution in [2.45, 2.75) is 39.2 Å². The third-order valence-corrected chi connectivity index (χ3v) is 4.40. The second-order valence-corrected chi connectivity index (χ2v) is 6.49. The zero-order valence-corrected chi connectivity index (χ0v) is 15.6. The fourth-order valence-electron chi connectivity index (χ4n) is 2.43. The van der Waals surface area contributed by atoms with Crippen LogP contribution < -0.4 is 5.32 Å². The second kappa shape index (κ2) is 8.81. The van der Waals surface area contributed by atoms with Gasteiger partial charge in [0.05, 0.1) is 5.56 Å². The normalized spacial score (nSPS) is 13.0. The molecule has 0 aromatic heterocycles. The minimum atomic E-state index is -1.08. The van der Waals surface area contributed by atoms with Crippen LogP contribution in [0.3, 0.4) is 0 Å². The molecule has 0 heterocycles. The molecule has 26 heavy (non-hydrogen) atoms. The summed E-state index contributed by atoms with van der Waals surface area (Å²) in [5.41, 5.74) is 1.41. The van der Waals surface area contributed by atoms with Crippen molar-refractivity contribution < 1.29 is 18.7 Å². The highest BCUT2D eigenvalue weighted by Gasteiger charge is 2.22. The number of hydrogen-bond donors (Lipinski definition) is 1. The molecule has 2 atom stereocenters. The van der Waals surface area contributed by atoms with Crippen LogP contribution in [0.1, 0.15) is 49.0 Å². The van der Waals surface area contributed by atoms with Gasteiger partial charge in [-0.15, -0.1) is 0 Å². The Labute approximate surface area is 157 Å². The third-order valence-electron chi connectivity index (χ3n) is 4.17. The van der Waals surface area contributed by atoms with Crippen LogP contribution in [0.5, 0.6) is 0 Å². The number of benzene rings is 2. The number of carbonyl (C=O) groups is 2. The predicted octanol–water partition coefficient (Wildman–Crippen LogP) is 5.18. The van der Waals surface area contributed by atoms with Gasteiger partial charge in [-0.25, -0.2) is 9.18 Å². The van der Waals surface area contributed by atoms with Gasteiger partial charge in [0.2, 0.25) is 0 Å². The topological polar surface area (TPSA) is 55.4 Å². The Morgan fingerprint density at radius 2 is 1.88 bits per heavy atom. The first-order chi connectivity index (χ1) is 12.3. The maximum Gasteiger partial charge on any atom is 0.341 e. The number of amides is 1. The zero-order chi connectivity index (χ0) is 19.3. The first-order valence-electron chi connectivity index (χ1n) is 8.39. The van der Waals surface area contributed by atoms with Gasteiger partial charge in [0, 0.05) is 10.7 Å². The van der Waals surface area contributed by atoms with Crippen LogP contribution in [-0.2, 0) is 9.53 Å². The molecule has 4 nitrogen and oxygen atoms in total. The van der Waals surface area contributed by atoms with E-state index >= 15 is 0 Å². The van der Waals surface area contributed by atoms with Crippen molar-refractivity contribution in [3.05, 3.63) is 64.4 Å². The van der Waals surface area contributed by atoms with Crippen LogP contribution in [0.4, 0.5) is 10.1 Å². The summed E-state index contributed by atoms with van der Waals surface area (Å²) in [4.78, 5) is 24.5. The van der Waals surface area contributed by atoms with Crippen molar-refractivity contribution in [1.82, 2.24) is 0 Å². The van der Waals surface area contributed by atoms with Gasteiger partial charge < -0.3 is 10.1 Å². The number of hydrogen-bond acceptors (Lipinski definition) is 3. The molecule has 0 aliphatic carbocycles. The second-order valence-electron chi connectivity index (χ2n) is 6.06. The van der Waals surface area contributed by atoms with E-state index in [1.54, 1.807) is 6.07 Å². The number of ether oxygens (including phenoxy) is 1. The lowest BCUT2D eigenvalue weighted by Gasteiger charge is -2.18. The van der Waals surface area contributed by atoms with Crippen LogP contribution in [0.2, 0.25) is 5.02 Å². The minimum Gasteiger partial charge on any atom is -0.449 e. The van der Waals surface area contributed by atoms with Crippen molar-refractivity contribution in [1.29, 1.82) is 0 Å². The molecule has 0 spiro atoms. The summed E-state index contributed by atoms with van der Waals surface area (Å²) in [5, 5.41) is 2.95. The molecule has 0 bridgehead atoms. The van der Waals surface area contributed by atoms with Crippen molar-refractivity contribution in [3.63, 3.8) is 0 Å². The average molecular weight is 378 g/mol. The maximum absolute atomic E-state index is 13.8. The number of para-hydroxylation sites is 1. The van der Waals surface area contributed by atoms with Gasteiger partial charge >= 0.3 is 5.97 Å². The minimum absolute atomic E-state index is 0.173. The van der Waals surface area contributed by atoms with E-state index in [2.05, 4.69) is 19.2 Å². The molecule has 0 saturated heterocycles. The molecular formula is C20H21ClFNO3. The molecule has 0 radical (unpaired) electrons. The summed E-state index contributed by atoms with van der Waals surface area (Å²) >= 11 is 5.66. The highest BCUT2D eigenvalue weighted by Crippen LogP contribution is 2.26. The predicted molar refractivity (Wildman–Crippen MR) is 100 cm³/mol. The van der Waals surface area contributed by atoms with Gasteiger partial charge in [-0.05, 0) is 49.1 Å². The lowest BCUT2D eigenvalue weighted by molar-refractivity contribution is -0.123. The van der Waals surface area contributed by atoms with Crippen molar-refractivity contribution in [2.75, 3.05) is 5.32 Å². The van der Waals surface area contributed by atoms with Crippen LogP contribution in [0, 0.1) is 5.82 Å². The number of carbonyl (C=O) groups excluding carboxylic acids is 2. The summed E-state index contributed by atoms with van der Waals surface area (Å²) in [6.45, 7) is 5.57. The average Bonchev–Trinajstić information content (AvgIpc) is 2.61. The molecule has 1 N–H and O–H groups in total. The Balaban J connectivity index is 2.07. The zero-order valence-electron chi connectivity index (χ0n) is 14.9. The SMILES string of the molecule is CC[C@@H](C)c1ccccc1NC(=O)[C@H](C)OC(=O)c1ccc(Cl)cc1F. The summed E-state index contributed by atoms with van der Waals surface area (Å²) in [7, 11) is 0. The molecule has 2 rings (SSSR count). The molecule has 0 aliphatic rings. The summed E-state index contributed by atoms with van der Waals surface area (Å²) in [6.07, 6.45) is -0.157. The van der Waals surface area contributed by atoms with Gasteiger partial charge in [0.1, 0.15) is 5.82 Å². The molecule has 6 heteroatoms. The molecule has 2 aromatic rings. The summed E-state index contributed by atoms with van der Waals surface area (Å²) in [5.74, 6) is -1.93. The number of anilines is 1. The van der Waals surface area contributed by atoms with Crippen molar-refractivity contribution >= 4 is 29.2 Å². The Kier molecular flexibility index (Phi) is 6.75. The van der Waals surface area contributed by atoms with Gasteiger partial charge in [0.25, 0.3) is 5.91 Å². The molecule has 0 aliphatic heterocycles. The summed E-state index contributed by atoms with van der Waals surface area (Å²) < 4.78 is 18.9. The van der Waals surface area contributed by atoms with E-state index in [1.165, 1.54) is 19.1 Å². The number of halogens is 2. The van der Waals surface area contributed by atoms with Crippen molar-refractivity contribution in [2.24, 2.45) is 0 Å². The van der Waals surface area contributed by atoms with Gasteiger partial charge in [0.15, 0.2) is 6.10 Å². The van der Waals surface area contributed by atoms with E-state index < -0.39 is 23.8 Å². The van der Waals surface area contributed by atoms with Crippen LogP contribution >= 0.6 is 11.6 Å². The van der Waals surface area contributed by atoms with Crippen LogP contribution in [0.25, 0.3) is 0 Å². The molecule has 0 unspecified atom stereocenters. The molecular weight excluding hydrogens is 357 g/mol. The fraction of sp³-hybridized carbons (Fsp3) is 0.300. The lowest BCUT2D eigenvalue weighted by atomic mass is 9.97. The molecule has 0 saturated carbocycles. The molecule has 2 aromatic carbocycles. The number of esters is 1. The Morgan fingerprint density at radius 3 is 2.54 bits per heavy atom. The van der Waals surface area contributed by atoms with Crippen LogP contribution in [0.15, 0.2) is 42.5 Å². The van der Waals surface area contributed by atoms with E-state index in [0.717, 1.165) is 18.1 Å². The van der Waals surface area contributed by atoms with E-state index in [4.69, 9.17) is 16.3 Å². The Hall–Kier alpha value is -2.40. The maximum atomic E-state index is 13.8. The highest BCUT2D eigenvalue weighted by molar-refractivity contribution is 6.30. The van der Waals surface area contributed by atoms with Crippen molar-refractivity contribution in [3.8, 4) is 0 Å². The Bertz CT molecular complexity index is 809. The molecule has 138 valence electrons. The quantitative estimate of drug-likeness (QED) is 0.706. The molecule has 1 amide bonds. The first kappa shape index (κ1) is 19.9. The van der Waals surface area contributed by atoms with E-state index in [9.17, 15) is 14.0 Å². The number of nitrogens with one attached hydrogen (secondary N) is 1. The summed E-state index contributed by atoms with van der Waals surface area (Å²) in [6, 6.07) is 11.1. The largest absolute Gasteiger partial charge is 0.449 e. The van der Waals surface area contributed by atoms with Gasteiger partial charge in [-0.2, -0.15) is 0 Å². The standard InChI is InChI=1S/C20H21ClFNO3/c1-4-12(2)15-7-5-6-8-18(15)23-19(24)13(3)26-20(25)16-10-9-14(21)11-17(16)22/h5-13H,4H2,1-3H3,(H,23,24)/t12-,13+/m1/s1. The lowest BCUT2D eigenvalue weighted by Crippen LogP contribution is -2.30. The number of rotatable bonds is 6. The fourth-order valence-corrected chi connectivity index (χ4v) is 2.59. The van der Waals surface area contributed by atoms with Crippen LogP contribution in [-0.4, -0.2) is 18.0 Å². The first-order valence-corrected chi connectivity index (χ1v) is 8.77. The van der Waals surface area contributed by atoms with Gasteiger partial charge in [-0.3, -0.25) is 4.79 Å². The highest BCUT2D eigenvalue weighted by atomic mass is 35.5. The van der Waals surface area contributed by atoms with E-state index in [0.29, 0.717) is 5.69 Å². The molecule has 0 fully saturated rings. The van der Waals surface area contributed by atoms with Gasteiger partial charge in [-0.1, -0.05) is 43.6 Å². The van der Waals surface area contributed by atoms with E-state index in [-0.39, 0.29) is 16.5 Å².